The molecule has 0 spiro atoms. The van der Waals surface area contributed by atoms with Gasteiger partial charge in [-0.05, 0) is 63.3 Å². The summed E-state index contributed by atoms with van der Waals surface area (Å²) in [6, 6.07) is 17.3. The van der Waals surface area contributed by atoms with E-state index in [2.05, 4.69) is 53.4 Å². The van der Waals surface area contributed by atoms with E-state index in [0.717, 1.165) is 25.8 Å². The van der Waals surface area contributed by atoms with Crippen LogP contribution in [0.4, 0.5) is 16.2 Å². The van der Waals surface area contributed by atoms with Gasteiger partial charge in [0.15, 0.2) is 0 Å². The van der Waals surface area contributed by atoms with Gasteiger partial charge in [0, 0.05) is 31.5 Å². The molecule has 144 valence electrons. The normalized spacial score (nSPS) is 13.4. The minimum atomic E-state index is -0.464. The van der Waals surface area contributed by atoms with Crippen molar-refractivity contribution >= 4 is 17.5 Å². The molecule has 1 aliphatic rings. The molecule has 0 saturated heterocycles. The van der Waals surface area contributed by atoms with Crippen molar-refractivity contribution in [3.8, 4) is 0 Å². The Morgan fingerprint density at radius 1 is 1.00 bits per heavy atom. The Balaban J connectivity index is 1.72. The summed E-state index contributed by atoms with van der Waals surface area (Å²) in [5.74, 6) is 0. The van der Waals surface area contributed by atoms with Crippen LogP contribution < -0.4 is 4.90 Å². The Morgan fingerprint density at radius 2 is 1.52 bits per heavy atom. The predicted octanol–water partition coefficient (Wildman–Crippen LogP) is 5.18. The second-order valence-electron chi connectivity index (χ2n) is 8.16. The molecule has 0 fully saturated rings. The lowest BCUT2D eigenvalue weighted by molar-refractivity contribution is 0.0298. The molecule has 0 atom stereocenters. The van der Waals surface area contributed by atoms with Crippen LogP contribution in [0.3, 0.4) is 0 Å². The van der Waals surface area contributed by atoms with Crippen molar-refractivity contribution in [2.45, 2.75) is 45.6 Å². The fourth-order valence-electron chi connectivity index (χ4n) is 3.51. The van der Waals surface area contributed by atoms with Crippen molar-refractivity contribution in [1.82, 2.24) is 4.90 Å². The molecule has 0 radical (unpaired) electrons. The number of hydrogen-bond donors (Lipinski definition) is 0. The molecule has 0 aliphatic carbocycles. The monoisotopic (exact) mass is 366 g/mol. The molecule has 1 heterocycles. The summed E-state index contributed by atoms with van der Waals surface area (Å²) < 4.78 is 5.45. The number of anilines is 2. The first-order valence-corrected chi connectivity index (χ1v) is 9.72. The smallest absolute Gasteiger partial charge is 0.410 e. The van der Waals surface area contributed by atoms with Gasteiger partial charge in [-0.25, -0.2) is 4.79 Å². The van der Waals surface area contributed by atoms with Crippen LogP contribution in [-0.4, -0.2) is 36.7 Å². The molecule has 2 aromatic carbocycles. The van der Waals surface area contributed by atoms with Crippen LogP contribution in [0.2, 0.25) is 0 Å². The number of hydrogen-bond acceptors (Lipinski definition) is 3. The van der Waals surface area contributed by atoms with Crippen LogP contribution in [0, 0.1) is 0 Å². The van der Waals surface area contributed by atoms with Gasteiger partial charge in [0.05, 0.1) is 0 Å². The Kier molecular flexibility index (Phi) is 5.73. The topological polar surface area (TPSA) is 32.8 Å². The van der Waals surface area contributed by atoms with Gasteiger partial charge in [-0.15, -0.1) is 0 Å². The van der Waals surface area contributed by atoms with E-state index in [4.69, 9.17) is 4.74 Å². The average Bonchev–Trinajstić information content (AvgIpc) is 2.78. The predicted molar refractivity (Wildman–Crippen MR) is 111 cm³/mol. The SMILES string of the molecule is CN(CCCN1c2ccccc2CCc2ccccc21)C(=O)OC(C)(C)C. The van der Waals surface area contributed by atoms with E-state index >= 15 is 0 Å². The summed E-state index contributed by atoms with van der Waals surface area (Å²) in [4.78, 5) is 16.3. The highest BCUT2D eigenvalue weighted by Gasteiger charge is 2.22. The average molecular weight is 367 g/mol. The van der Waals surface area contributed by atoms with Crippen LogP contribution in [0.15, 0.2) is 48.5 Å². The minimum absolute atomic E-state index is 0.265. The second kappa shape index (κ2) is 8.03. The Hall–Kier alpha value is -2.49. The van der Waals surface area contributed by atoms with Crippen molar-refractivity contribution < 1.29 is 9.53 Å². The number of amides is 1. The van der Waals surface area contributed by atoms with Gasteiger partial charge in [0.25, 0.3) is 0 Å². The van der Waals surface area contributed by atoms with E-state index in [9.17, 15) is 4.79 Å². The van der Waals surface area contributed by atoms with Crippen molar-refractivity contribution in [1.29, 1.82) is 0 Å². The number of nitrogens with zero attached hydrogens (tertiary/aromatic N) is 2. The quantitative estimate of drug-likeness (QED) is 0.747. The summed E-state index contributed by atoms with van der Waals surface area (Å²) in [6.45, 7) is 7.20. The highest BCUT2D eigenvalue weighted by atomic mass is 16.6. The summed E-state index contributed by atoms with van der Waals surface area (Å²) in [6.07, 6.45) is 2.72. The van der Waals surface area contributed by atoms with Gasteiger partial charge >= 0.3 is 6.09 Å². The van der Waals surface area contributed by atoms with Crippen LogP contribution in [0.5, 0.6) is 0 Å². The van der Waals surface area contributed by atoms with Crippen molar-refractivity contribution in [3.05, 3.63) is 59.7 Å². The van der Waals surface area contributed by atoms with E-state index in [0.29, 0.717) is 6.54 Å². The van der Waals surface area contributed by atoms with Crippen LogP contribution in [-0.2, 0) is 17.6 Å². The highest BCUT2D eigenvalue weighted by molar-refractivity contribution is 5.71. The van der Waals surface area contributed by atoms with Gasteiger partial charge in [-0.1, -0.05) is 36.4 Å². The van der Waals surface area contributed by atoms with E-state index < -0.39 is 5.60 Å². The first-order chi connectivity index (χ1) is 12.8. The first-order valence-electron chi connectivity index (χ1n) is 9.72. The molecule has 3 rings (SSSR count). The third kappa shape index (κ3) is 4.82. The van der Waals surface area contributed by atoms with E-state index in [-0.39, 0.29) is 6.09 Å². The molecule has 1 aliphatic heterocycles. The summed E-state index contributed by atoms with van der Waals surface area (Å²) in [5, 5.41) is 0. The molecule has 0 unspecified atom stereocenters. The van der Waals surface area contributed by atoms with Crippen LogP contribution in [0.1, 0.15) is 38.3 Å². The van der Waals surface area contributed by atoms with E-state index in [1.807, 2.05) is 20.8 Å². The standard InChI is InChI=1S/C23H30N2O2/c1-23(2,3)27-22(26)24(4)16-9-17-25-20-12-7-5-10-18(20)14-15-19-11-6-8-13-21(19)25/h5-8,10-13H,9,14-17H2,1-4H3. The van der Waals surface area contributed by atoms with Gasteiger partial charge in [-0.3, -0.25) is 0 Å². The maximum absolute atomic E-state index is 12.2. The molecule has 4 heteroatoms. The molecule has 0 bridgehead atoms. The summed E-state index contributed by atoms with van der Waals surface area (Å²) in [5.41, 5.74) is 4.86. The molecule has 4 nitrogen and oxygen atoms in total. The zero-order valence-electron chi connectivity index (χ0n) is 16.9. The number of aryl methyl sites for hydroxylation is 2. The number of carbonyl (C=O) groups is 1. The molecule has 0 aromatic heterocycles. The number of para-hydroxylation sites is 2. The number of fused-ring (bicyclic) bond motifs is 2. The molecule has 0 saturated carbocycles. The molecular weight excluding hydrogens is 336 g/mol. The number of benzene rings is 2. The second-order valence-corrected chi connectivity index (χ2v) is 8.16. The lowest BCUT2D eigenvalue weighted by atomic mass is 10.0. The fourth-order valence-corrected chi connectivity index (χ4v) is 3.51. The maximum atomic E-state index is 12.2. The van der Waals surface area contributed by atoms with Crippen molar-refractivity contribution in [3.63, 3.8) is 0 Å². The van der Waals surface area contributed by atoms with Crippen molar-refractivity contribution in [2.24, 2.45) is 0 Å². The summed E-state index contributed by atoms with van der Waals surface area (Å²) in [7, 11) is 1.80. The Labute approximate surface area is 162 Å². The molecule has 1 amide bonds. The zero-order valence-corrected chi connectivity index (χ0v) is 16.9. The fraction of sp³-hybridized carbons (Fsp3) is 0.435. The van der Waals surface area contributed by atoms with Gasteiger partial charge in [0.2, 0.25) is 0 Å². The minimum Gasteiger partial charge on any atom is -0.444 e. The van der Waals surface area contributed by atoms with Gasteiger partial charge < -0.3 is 14.5 Å². The molecule has 2 aromatic rings. The number of ether oxygens (including phenoxy) is 1. The number of rotatable bonds is 4. The molecule has 27 heavy (non-hydrogen) atoms. The third-order valence-corrected chi connectivity index (χ3v) is 4.81. The first kappa shape index (κ1) is 19.3. The van der Waals surface area contributed by atoms with Crippen molar-refractivity contribution in [2.75, 3.05) is 25.0 Å². The largest absolute Gasteiger partial charge is 0.444 e. The lowest BCUT2D eigenvalue weighted by Gasteiger charge is -2.28. The maximum Gasteiger partial charge on any atom is 0.410 e. The number of carbonyl (C=O) groups excluding carboxylic acids is 1. The zero-order chi connectivity index (χ0) is 19.4. The third-order valence-electron chi connectivity index (χ3n) is 4.81. The van der Waals surface area contributed by atoms with Crippen LogP contribution >= 0.6 is 0 Å². The Morgan fingerprint density at radius 3 is 2.04 bits per heavy atom. The summed E-state index contributed by atoms with van der Waals surface area (Å²) >= 11 is 0. The van der Waals surface area contributed by atoms with Gasteiger partial charge in [0.1, 0.15) is 5.60 Å². The van der Waals surface area contributed by atoms with E-state index in [1.165, 1.54) is 22.5 Å². The van der Waals surface area contributed by atoms with Crippen LogP contribution in [0.25, 0.3) is 0 Å². The van der Waals surface area contributed by atoms with Gasteiger partial charge in [-0.2, -0.15) is 0 Å². The highest BCUT2D eigenvalue weighted by Crippen LogP contribution is 2.35. The Bertz CT molecular complexity index is 747. The molecular formula is C23H30N2O2. The van der Waals surface area contributed by atoms with E-state index in [1.54, 1.807) is 11.9 Å². The molecule has 0 N–H and O–H groups in total. The lowest BCUT2D eigenvalue weighted by Crippen LogP contribution is -2.35.